The molecule has 1 spiro atoms. The van der Waals surface area contributed by atoms with Crippen LogP contribution < -0.4 is 9.47 Å². The lowest BCUT2D eigenvalue weighted by atomic mass is 9.49. The molecule has 1 N–H and O–H groups in total. The fourth-order valence-corrected chi connectivity index (χ4v) is 8.15. The van der Waals surface area contributed by atoms with Crippen LogP contribution in [0.1, 0.15) is 121 Å². The number of hydrogen-bond donors (Lipinski definition) is 1. The van der Waals surface area contributed by atoms with Crippen molar-refractivity contribution in [2.75, 3.05) is 13.1 Å². The van der Waals surface area contributed by atoms with Crippen molar-refractivity contribution in [1.29, 1.82) is 0 Å². The molecule has 1 saturated heterocycles. The first-order valence-electron chi connectivity index (χ1n) is 16.1. The number of piperidine rings is 1. The molecule has 0 amide bonds. The molecule has 2 aliphatic carbocycles. The number of ether oxygens (including phenoxy) is 2. The maximum absolute atomic E-state index is 13.2. The highest BCUT2D eigenvalue weighted by Gasteiger charge is 2.73. The molecule has 6 heteroatoms. The third-order valence-electron chi connectivity index (χ3n) is 10.2. The Morgan fingerprint density at radius 2 is 1.75 bits per heavy atom. The number of benzene rings is 1. The lowest BCUT2D eigenvalue weighted by Gasteiger charge is -2.62. The Hall–Kier alpha value is -2.18. The molecule has 1 aromatic rings. The average Bonchev–Trinajstić information content (AvgIpc) is 3.30. The van der Waals surface area contributed by atoms with Crippen molar-refractivity contribution in [2.45, 2.75) is 139 Å². The van der Waals surface area contributed by atoms with Crippen LogP contribution in [0.2, 0.25) is 0 Å². The van der Waals surface area contributed by atoms with Crippen LogP contribution in [-0.2, 0) is 21.4 Å². The van der Waals surface area contributed by atoms with E-state index in [1.54, 1.807) is 0 Å². The molecule has 0 radical (unpaired) electrons. The lowest BCUT2D eigenvalue weighted by molar-refractivity contribution is -0.187. The minimum atomic E-state index is -1.05. The summed E-state index contributed by atoms with van der Waals surface area (Å²) in [6, 6.07) is 3.75. The van der Waals surface area contributed by atoms with Gasteiger partial charge < -0.3 is 14.6 Å². The van der Waals surface area contributed by atoms with Crippen LogP contribution in [-0.4, -0.2) is 52.6 Å². The molecule has 2 bridgehead atoms. The number of Topliss-reactive ketones (excluding diaryl/α,β-unsaturated/α-hetero) is 1. The van der Waals surface area contributed by atoms with E-state index in [1.807, 2.05) is 18.2 Å². The highest BCUT2D eigenvalue weighted by Crippen LogP contribution is 2.64. The molecule has 0 aromatic heterocycles. The van der Waals surface area contributed by atoms with E-state index in [9.17, 15) is 14.7 Å². The topological polar surface area (TPSA) is 76.1 Å². The normalized spacial score (nSPS) is 28.2. The number of unbranched alkanes of at least 4 members (excludes halogenated alkanes) is 11. The summed E-state index contributed by atoms with van der Waals surface area (Å²) < 4.78 is 12.2. The number of carbonyl (C=O) groups excluding carboxylic acids is 2. The zero-order chi connectivity index (χ0) is 28.2. The summed E-state index contributed by atoms with van der Waals surface area (Å²) in [5.41, 5.74) is 0.184. The van der Waals surface area contributed by atoms with Gasteiger partial charge in [0.2, 0.25) is 0 Å². The van der Waals surface area contributed by atoms with E-state index < -0.39 is 17.1 Å². The molecule has 1 aromatic carbocycles. The highest BCUT2D eigenvalue weighted by molar-refractivity contribution is 5.90. The van der Waals surface area contributed by atoms with Crippen molar-refractivity contribution in [3.63, 3.8) is 0 Å². The van der Waals surface area contributed by atoms with Gasteiger partial charge in [0.25, 0.3) is 0 Å². The molecule has 6 nitrogen and oxygen atoms in total. The summed E-state index contributed by atoms with van der Waals surface area (Å²) in [4.78, 5) is 28.3. The molecular weight excluding hydrogens is 502 g/mol. The van der Waals surface area contributed by atoms with Crippen molar-refractivity contribution in [2.24, 2.45) is 0 Å². The molecule has 5 rings (SSSR count). The molecular formula is C34H49NO5. The first-order chi connectivity index (χ1) is 19.5. The maximum atomic E-state index is 13.2. The van der Waals surface area contributed by atoms with Crippen LogP contribution in [0.5, 0.6) is 11.5 Å². The Bertz CT molecular complexity index is 1080. The van der Waals surface area contributed by atoms with Gasteiger partial charge in [-0.05, 0) is 37.3 Å². The molecule has 0 unspecified atom stereocenters. The molecule has 2 fully saturated rings. The summed E-state index contributed by atoms with van der Waals surface area (Å²) in [5, 5.41) is 12.3. The van der Waals surface area contributed by atoms with E-state index in [-0.39, 0.29) is 17.8 Å². The molecule has 220 valence electrons. The van der Waals surface area contributed by atoms with E-state index >= 15 is 0 Å². The van der Waals surface area contributed by atoms with Crippen LogP contribution in [0.3, 0.4) is 0 Å². The molecule has 4 aliphatic rings. The van der Waals surface area contributed by atoms with E-state index in [4.69, 9.17) is 9.47 Å². The van der Waals surface area contributed by atoms with Crippen molar-refractivity contribution < 1.29 is 24.2 Å². The fourth-order valence-electron chi connectivity index (χ4n) is 8.15. The Balaban J connectivity index is 1.16. The predicted molar refractivity (Wildman–Crippen MR) is 157 cm³/mol. The van der Waals surface area contributed by atoms with Crippen molar-refractivity contribution in [3.8, 4) is 11.5 Å². The minimum absolute atomic E-state index is 0.0402. The van der Waals surface area contributed by atoms with E-state index in [0.717, 1.165) is 36.9 Å². The molecule has 1 saturated carbocycles. The summed E-state index contributed by atoms with van der Waals surface area (Å²) >= 11 is 0. The van der Waals surface area contributed by atoms with Gasteiger partial charge in [-0.25, -0.2) is 0 Å². The summed E-state index contributed by atoms with van der Waals surface area (Å²) in [6.45, 7) is 7.65. The van der Waals surface area contributed by atoms with Gasteiger partial charge >= 0.3 is 5.97 Å². The van der Waals surface area contributed by atoms with Crippen LogP contribution >= 0.6 is 0 Å². The van der Waals surface area contributed by atoms with Gasteiger partial charge in [-0.1, -0.05) is 89.7 Å². The Morgan fingerprint density at radius 1 is 1.07 bits per heavy atom. The zero-order valence-corrected chi connectivity index (χ0v) is 24.6. The first-order valence-corrected chi connectivity index (χ1v) is 16.1. The number of nitrogens with zero attached hydrogens (tertiary/aromatic N) is 1. The van der Waals surface area contributed by atoms with Gasteiger partial charge in [-0.15, -0.1) is 6.58 Å². The van der Waals surface area contributed by atoms with Gasteiger partial charge in [0, 0.05) is 37.5 Å². The lowest BCUT2D eigenvalue weighted by Crippen LogP contribution is -2.76. The second kappa shape index (κ2) is 12.8. The second-order valence-electron chi connectivity index (χ2n) is 12.7. The zero-order valence-electron chi connectivity index (χ0n) is 24.6. The number of aliphatic hydroxyl groups is 1. The number of ketones is 1. The van der Waals surface area contributed by atoms with E-state index in [2.05, 4.69) is 18.4 Å². The number of carbonyl (C=O) groups is 2. The highest BCUT2D eigenvalue weighted by atomic mass is 16.6. The van der Waals surface area contributed by atoms with Crippen LogP contribution in [0, 0.1) is 0 Å². The fraction of sp³-hybridized carbons (Fsp3) is 0.706. The summed E-state index contributed by atoms with van der Waals surface area (Å²) in [5.74, 6) is 0.692. The van der Waals surface area contributed by atoms with Crippen LogP contribution in [0.4, 0.5) is 0 Å². The van der Waals surface area contributed by atoms with Crippen molar-refractivity contribution in [3.05, 3.63) is 35.9 Å². The number of rotatable bonds is 16. The molecule has 40 heavy (non-hydrogen) atoms. The second-order valence-corrected chi connectivity index (χ2v) is 12.7. The van der Waals surface area contributed by atoms with Gasteiger partial charge in [0.15, 0.2) is 23.4 Å². The largest absolute Gasteiger partial charge is 0.477 e. The first kappa shape index (κ1) is 29.3. The van der Waals surface area contributed by atoms with E-state index in [0.29, 0.717) is 50.1 Å². The number of hydrogen-bond acceptors (Lipinski definition) is 6. The summed E-state index contributed by atoms with van der Waals surface area (Å²) in [6.07, 6.45) is 18.6. The third-order valence-corrected chi connectivity index (χ3v) is 10.2. The van der Waals surface area contributed by atoms with Crippen molar-refractivity contribution in [1.82, 2.24) is 4.90 Å². The quantitative estimate of drug-likeness (QED) is 0.108. The van der Waals surface area contributed by atoms with Gasteiger partial charge in [-0.3, -0.25) is 14.5 Å². The number of esters is 1. The Labute approximate surface area is 240 Å². The summed E-state index contributed by atoms with van der Waals surface area (Å²) in [7, 11) is 0. The SMILES string of the molecule is C=CCN1CC[C@]23c4c5ccc(OC(=O)CCCCCCCCCCCCCC)c4O[C@H]2C(=O)CC[C@@]3(O)[C@H]1C5. The smallest absolute Gasteiger partial charge is 0.311 e. The molecule has 2 aliphatic heterocycles. The van der Waals surface area contributed by atoms with Crippen LogP contribution in [0.25, 0.3) is 0 Å². The maximum Gasteiger partial charge on any atom is 0.311 e. The Kier molecular flexibility index (Phi) is 9.36. The molecule has 2 heterocycles. The van der Waals surface area contributed by atoms with Gasteiger partial charge in [0.1, 0.15) is 0 Å². The van der Waals surface area contributed by atoms with Crippen LogP contribution in [0.15, 0.2) is 24.8 Å². The average molecular weight is 552 g/mol. The van der Waals surface area contributed by atoms with Crippen molar-refractivity contribution >= 4 is 11.8 Å². The number of likely N-dealkylation sites (tertiary alicyclic amines) is 1. The monoisotopic (exact) mass is 551 g/mol. The van der Waals surface area contributed by atoms with Gasteiger partial charge in [-0.2, -0.15) is 0 Å². The van der Waals surface area contributed by atoms with E-state index in [1.165, 1.54) is 57.8 Å². The molecule has 4 atom stereocenters. The predicted octanol–water partition coefficient (Wildman–Crippen LogP) is 6.59. The Morgan fingerprint density at radius 3 is 2.42 bits per heavy atom. The minimum Gasteiger partial charge on any atom is -0.477 e. The third kappa shape index (κ3) is 5.27. The standard InChI is InChI=1S/C34H49NO5/c1-3-5-6-7-8-9-10-11-12-13-14-15-16-29(37)39-27-18-17-25-24-28-34(38)20-19-26(36)32-33(34,30(25)31(27)40-32)21-23-35(28)22-4-2/h4,17-18,28,32,38H,2-3,5-16,19-24H2,1H3/t28-,32+,33+,34-/m1/s1. The van der Waals surface area contributed by atoms with Gasteiger partial charge in [0.05, 0.1) is 11.0 Å².